The number of aliphatic hydroxyl groups excluding tert-OH is 1. The average Bonchev–Trinajstić information content (AvgIpc) is 3.45. The van der Waals surface area contributed by atoms with Gasteiger partial charge in [0.1, 0.15) is 6.10 Å². The normalized spacial score (nSPS) is 53.5. The van der Waals surface area contributed by atoms with E-state index in [1.807, 2.05) is 0 Å². The fraction of sp³-hybridized carbons (Fsp3) is 1.00. The van der Waals surface area contributed by atoms with E-state index in [0.29, 0.717) is 23.7 Å². The molecule has 7 heterocycles. The molecule has 7 rings (SSSR count). The highest BCUT2D eigenvalue weighted by Gasteiger charge is 2.54. The smallest absolute Gasteiger partial charge is 0.161 e. The quantitative estimate of drug-likeness (QED) is 0.131. The highest BCUT2D eigenvalue weighted by Crippen LogP contribution is 2.47. The highest BCUT2D eigenvalue weighted by molar-refractivity contribution is 4.97. The van der Waals surface area contributed by atoms with Crippen LogP contribution in [0.4, 0.5) is 0 Å². The van der Waals surface area contributed by atoms with E-state index in [0.717, 1.165) is 38.5 Å². The van der Waals surface area contributed by atoms with Crippen LogP contribution in [0.15, 0.2) is 0 Å². The number of aliphatic hydroxyl groups is 1. The van der Waals surface area contributed by atoms with Crippen LogP contribution >= 0.6 is 0 Å². The van der Waals surface area contributed by atoms with Crippen molar-refractivity contribution in [1.82, 2.24) is 0 Å². The summed E-state index contributed by atoms with van der Waals surface area (Å²) < 4.78 is 89.9. The Balaban J connectivity index is 0.947. The molecule has 0 saturated carbocycles. The third kappa shape index (κ3) is 13.3. The Labute approximate surface area is 474 Å². The SMILES string of the molecule is CCC1O[C@@H](O[C@@H]2C(CC)O[C@@H](O[C@@H]3C(CC)O[C@@H](O[C@@H]4C(CO)OC(C)C(C)C4C)C(C)[C@H]3C)C(C)[C@H]2C)C(C)C(C)[C@@H]1O[C@H]1OC(CC)[C@@H](O[C@@H]2OC(CC)[C@@H](O[C@@H]3OC(CC)[C@@H](C)[C@H](C)C3C)[C@H](C)C2C)C(C)C1C. The van der Waals surface area contributed by atoms with Crippen molar-refractivity contribution < 1.29 is 66.7 Å². The Kier molecular flexibility index (Phi) is 23.4. The fourth-order valence-electron chi connectivity index (χ4n) is 14.7. The van der Waals surface area contributed by atoms with Gasteiger partial charge in [0.2, 0.25) is 0 Å². The number of rotatable bonds is 19. The van der Waals surface area contributed by atoms with Crippen LogP contribution in [0.1, 0.15) is 191 Å². The summed E-state index contributed by atoms with van der Waals surface area (Å²) in [4.78, 5) is 0. The first-order valence-corrected chi connectivity index (χ1v) is 32.1. The standard InChI is InChI=1S/C64H116O14/c1-23-46-32(9)30(7)39(16)59(67-46)73-53-34(11)40(17)60(68-47(53)24-2)74-54-35(12)41(18)61(69-48(54)25-3)75-55-36(13)42(19)62(70-49(55)26-4)76-56-37(14)43(20)63(71-50(56)27-5)77-57-38(15)44(21)64(72-51(57)28-6)78-58-33(10)31(8)45(22)66-52(58)29-65/h30-65H,23-29H2,1-22H3/t30-,31?,32-,33?,34+,35?,36?,37+,38+,39?,40?,41?,42?,43?,44?,45?,46?,47?,48?,49?,50?,51?,52?,53-,54-,55-,56-,57-,58-,59-,60-,61+,62-,63-,64-/m0/s1. The van der Waals surface area contributed by atoms with Crippen molar-refractivity contribution in [2.24, 2.45) is 88.8 Å². The largest absolute Gasteiger partial charge is 0.394 e. The van der Waals surface area contributed by atoms with Crippen LogP contribution < -0.4 is 0 Å². The summed E-state index contributed by atoms with van der Waals surface area (Å²) in [6.07, 6.45) is 0.587. The van der Waals surface area contributed by atoms with Crippen LogP contribution in [0, 0.1) is 88.8 Å². The minimum absolute atomic E-state index is 0.0435. The molecule has 0 radical (unpaired) electrons. The van der Waals surface area contributed by atoms with Gasteiger partial charge in [-0.05, 0) is 98.7 Å². The molecular formula is C64H116O14. The minimum Gasteiger partial charge on any atom is -0.394 e. The molecule has 0 aliphatic carbocycles. The summed E-state index contributed by atoms with van der Waals surface area (Å²) in [7, 11) is 0. The molecule has 0 aromatic carbocycles. The second kappa shape index (κ2) is 28.1. The molecular weight excluding hydrogens is 993 g/mol. The topological polar surface area (TPSA) is 140 Å². The lowest BCUT2D eigenvalue weighted by molar-refractivity contribution is -0.369. The molecule has 7 aliphatic rings. The van der Waals surface area contributed by atoms with E-state index in [2.05, 4.69) is 152 Å². The highest BCUT2D eigenvalue weighted by atomic mass is 16.8. The van der Waals surface area contributed by atoms with Crippen molar-refractivity contribution in [2.75, 3.05) is 6.61 Å². The molecule has 0 aromatic rings. The van der Waals surface area contributed by atoms with Crippen LogP contribution in [-0.4, -0.2) is 135 Å². The Morgan fingerprint density at radius 2 is 0.436 bits per heavy atom. The maximum absolute atomic E-state index is 10.3. The van der Waals surface area contributed by atoms with Crippen LogP contribution in [0.25, 0.3) is 0 Å². The molecule has 0 bridgehead atoms. The maximum Gasteiger partial charge on any atom is 0.161 e. The van der Waals surface area contributed by atoms with Crippen LogP contribution in [-0.2, 0) is 61.6 Å². The van der Waals surface area contributed by atoms with Gasteiger partial charge in [0.05, 0.1) is 86.0 Å². The van der Waals surface area contributed by atoms with Gasteiger partial charge in [-0.2, -0.15) is 0 Å². The van der Waals surface area contributed by atoms with Crippen molar-refractivity contribution >= 4 is 0 Å². The lowest BCUT2D eigenvalue weighted by Gasteiger charge is -2.52. The fourth-order valence-corrected chi connectivity index (χ4v) is 14.7. The summed E-state index contributed by atoms with van der Waals surface area (Å²) in [5, 5.41) is 10.3. The van der Waals surface area contributed by atoms with Gasteiger partial charge < -0.3 is 66.7 Å². The first-order chi connectivity index (χ1) is 37.0. The van der Waals surface area contributed by atoms with E-state index in [-0.39, 0.29) is 170 Å². The Morgan fingerprint density at radius 1 is 0.231 bits per heavy atom. The van der Waals surface area contributed by atoms with Crippen molar-refractivity contribution in [3.05, 3.63) is 0 Å². The summed E-state index contributed by atoms with van der Waals surface area (Å²) in [6.45, 7) is 49.0. The number of ether oxygens (including phenoxy) is 13. The molecule has 18 unspecified atom stereocenters. The zero-order valence-corrected chi connectivity index (χ0v) is 52.9. The van der Waals surface area contributed by atoms with Crippen LogP contribution in [0.5, 0.6) is 0 Å². The van der Waals surface area contributed by atoms with E-state index in [9.17, 15) is 5.11 Å². The van der Waals surface area contributed by atoms with Gasteiger partial charge in [-0.25, -0.2) is 0 Å². The molecule has 78 heavy (non-hydrogen) atoms. The molecule has 35 atom stereocenters. The van der Waals surface area contributed by atoms with E-state index in [1.54, 1.807) is 0 Å². The maximum atomic E-state index is 10.3. The summed E-state index contributed by atoms with van der Waals surface area (Å²) >= 11 is 0. The van der Waals surface area contributed by atoms with Gasteiger partial charge in [0, 0.05) is 35.5 Å². The van der Waals surface area contributed by atoms with E-state index >= 15 is 0 Å². The molecule has 7 saturated heterocycles. The van der Waals surface area contributed by atoms with Crippen LogP contribution in [0.2, 0.25) is 0 Å². The second-order valence-corrected chi connectivity index (χ2v) is 26.8. The van der Waals surface area contributed by atoms with Gasteiger partial charge in [0.25, 0.3) is 0 Å². The monoisotopic (exact) mass is 1110 g/mol. The molecule has 14 nitrogen and oxygen atoms in total. The number of hydrogen-bond donors (Lipinski definition) is 1. The summed E-state index contributed by atoms with van der Waals surface area (Å²) in [6, 6.07) is 0. The zero-order valence-electron chi connectivity index (χ0n) is 52.9. The molecule has 1 N–H and O–H groups in total. The van der Waals surface area contributed by atoms with Gasteiger partial charge in [-0.1, -0.05) is 145 Å². The molecule has 0 amide bonds. The average molecular weight is 1110 g/mol. The zero-order chi connectivity index (χ0) is 57.3. The molecule has 7 fully saturated rings. The lowest BCUT2D eigenvalue weighted by Crippen LogP contribution is -2.60. The molecule has 0 spiro atoms. The second-order valence-electron chi connectivity index (χ2n) is 26.8. The van der Waals surface area contributed by atoms with Gasteiger partial charge in [-0.3, -0.25) is 0 Å². The van der Waals surface area contributed by atoms with Gasteiger partial charge in [0.15, 0.2) is 37.7 Å². The Bertz CT molecular complexity index is 1780. The first-order valence-electron chi connectivity index (χ1n) is 32.1. The van der Waals surface area contributed by atoms with Gasteiger partial charge in [-0.15, -0.1) is 0 Å². The van der Waals surface area contributed by atoms with E-state index in [1.165, 1.54) is 0 Å². The van der Waals surface area contributed by atoms with Crippen molar-refractivity contribution in [3.8, 4) is 0 Å². The third-order valence-electron chi connectivity index (χ3n) is 22.4. The molecule has 14 heteroatoms. The predicted molar refractivity (Wildman–Crippen MR) is 302 cm³/mol. The predicted octanol–water partition coefficient (Wildman–Crippen LogP) is 12.4. The third-order valence-corrected chi connectivity index (χ3v) is 22.4. The van der Waals surface area contributed by atoms with E-state index < -0.39 is 25.2 Å². The van der Waals surface area contributed by atoms with Gasteiger partial charge >= 0.3 is 0 Å². The van der Waals surface area contributed by atoms with E-state index in [4.69, 9.17) is 61.6 Å². The lowest BCUT2D eigenvalue weighted by atomic mass is 9.78. The summed E-state index contributed by atoms with van der Waals surface area (Å²) in [5.74, 6) is 2.86. The van der Waals surface area contributed by atoms with Crippen molar-refractivity contribution in [3.63, 3.8) is 0 Å². The molecule has 0 aromatic heterocycles. The number of hydrogen-bond acceptors (Lipinski definition) is 14. The Morgan fingerprint density at radius 3 is 0.667 bits per heavy atom. The van der Waals surface area contributed by atoms with Crippen molar-refractivity contribution in [2.45, 2.75) is 314 Å². The molecule has 7 aliphatic heterocycles. The van der Waals surface area contributed by atoms with Crippen molar-refractivity contribution in [1.29, 1.82) is 0 Å². The minimum atomic E-state index is -0.437. The summed E-state index contributed by atoms with van der Waals surface area (Å²) in [5.41, 5.74) is 0. The van der Waals surface area contributed by atoms with Crippen LogP contribution in [0.3, 0.4) is 0 Å². The first kappa shape index (κ1) is 65.0. The Hall–Kier alpha value is -0.560. The molecule has 456 valence electrons.